The molecule has 0 aliphatic rings. The molecule has 0 amide bonds. The highest BCUT2D eigenvalue weighted by molar-refractivity contribution is 7.41. The monoisotopic (exact) mass is 402 g/mol. The Labute approximate surface area is 172 Å². The highest BCUT2D eigenvalue weighted by Gasteiger charge is 2.11. The highest BCUT2D eigenvalue weighted by atomic mass is 31.2. The van der Waals surface area contributed by atoms with E-state index in [1.807, 2.05) is 30.3 Å². The number of rotatable bonds is 15. The molecular weight excluding hydrogens is 367 g/mol. The molecule has 2 aromatic rings. The normalized spacial score (nSPS) is 11.9. The molecule has 1 atom stereocenters. The Kier molecular flexibility index (Phi) is 11.7. The molecule has 0 saturated heterocycles. The Bertz CT molecular complexity index is 616. The zero-order valence-corrected chi connectivity index (χ0v) is 18.1. The van der Waals surface area contributed by atoms with Crippen molar-refractivity contribution in [3.63, 3.8) is 0 Å². The third kappa shape index (κ3) is 10.1. The second kappa shape index (κ2) is 14.4. The molecule has 0 bridgehead atoms. The van der Waals surface area contributed by atoms with E-state index in [1.54, 1.807) is 12.1 Å². The standard InChI is InChI=1S/C24H35O3P/c1-2-3-4-5-6-7-8-9-10-12-15-22-18-20-24(21-19-22)27-28(25)26-23-16-13-11-14-17-23/h11,13-14,16-21,25H,2-10,12,15H2,1H3. The first kappa shape index (κ1) is 22.7. The van der Waals surface area contributed by atoms with Crippen LogP contribution >= 0.6 is 8.60 Å². The van der Waals surface area contributed by atoms with E-state index in [0.717, 1.165) is 6.42 Å². The number of hydrogen-bond donors (Lipinski definition) is 1. The van der Waals surface area contributed by atoms with Crippen LogP contribution in [0.25, 0.3) is 0 Å². The molecule has 1 unspecified atom stereocenters. The van der Waals surface area contributed by atoms with Crippen molar-refractivity contribution in [1.29, 1.82) is 0 Å². The van der Waals surface area contributed by atoms with Gasteiger partial charge in [0.25, 0.3) is 0 Å². The van der Waals surface area contributed by atoms with Crippen molar-refractivity contribution in [3.8, 4) is 11.5 Å². The van der Waals surface area contributed by atoms with Gasteiger partial charge >= 0.3 is 8.60 Å². The number of unbranched alkanes of at least 4 members (excludes halogenated alkanes) is 9. The summed E-state index contributed by atoms with van der Waals surface area (Å²) in [7, 11) is -1.97. The maximum atomic E-state index is 9.95. The summed E-state index contributed by atoms with van der Waals surface area (Å²) < 4.78 is 10.9. The van der Waals surface area contributed by atoms with Gasteiger partial charge in [0.05, 0.1) is 0 Å². The molecule has 2 aromatic carbocycles. The van der Waals surface area contributed by atoms with E-state index < -0.39 is 8.60 Å². The zero-order chi connectivity index (χ0) is 19.9. The van der Waals surface area contributed by atoms with Gasteiger partial charge in [-0.25, -0.2) is 0 Å². The molecule has 0 aromatic heterocycles. The van der Waals surface area contributed by atoms with Crippen molar-refractivity contribution in [2.45, 2.75) is 77.6 Å². The molecule has 0 fully saturated rings. The molecule has 3 nitrogen and oxygen atoms in total. The molecule has 2 rings (SSSR count). The maximum Gasteiger partial charge on any atom is 0.460 e. The van der Waals surface area contributed by atoms with Gasteiger partial charge in [-0.3, -0.25) is 0 Å². The third-order valence-electron chi connectivity index (χ3n) is 4.85. The molecule has 4 heteroatoms. The van der Waals surface area contributed by atoms with Gasteiger partial charge in [0.1, 0.15) is 11.5 Å². The lowest BCUT2D eigenvalue weighted by molar-refractivity contribution is 0.381. The topological polar surface area (TPSA) is 38.7 Å². The predicted octanol–water partition coefficient (Wildman–Crippen LogP) is 7.83. The average molecular weight is 403 g/mol. The molecular formula is C24H35O3P. The van der Waals surface area contributed by atoms with Crippen molar-refractivity contribution in [3.05, 3.63) is 60.2 Å². The third-order valence-corrected chi connectivity index (χ3v) is 5.59. The van der Waals surface area contributed by atoms with Crippen molar-refractivity contribution < 1.29 is 13.9 Å². The molecule has 0 radical (unpaired) electrons. The van der Waals surface area contributed by atoms with Gasteiger partial charge < -0.3 is 13.9 Å². The lowest BCUT2D eigenvalue weighted by Crippen LogP contribution is -1.94. The summed E-state index contributed by atoms with van der Waals surface area (Å²) in [5.41, 5.74) is 1.32. The first-order valence-corrected chi connectivity index (χ1v) is 11.9. The summed E-state index contributed by atoms with van der Waals surface area (Å²) in [6.45, 7) is 2.27. The number of benzene rings is 2. The Hall–Kier alpha value is -1.57. The first-order chi connectivity index (χ1) is 13.8. The first-order valence-electron chi connectivity index (χ1n) is 10.8. The fourth-order valence-corrected chi connectivity index (χ4v) is 3.86. The minimum Gasteiger partial charge on any atom is -0.418 e. The summed E-state index contributed by atoms with van der Waals surface area (Å²) in [4.78, 5) is 9.95. The van der Waals surface area contributed by atoms with Gasteiger partial charge in [-0.15, -0.1) is 0 Å². The predicted molar refractivity (Wildman–Crippen MR) is 119 cm³/mol. The van der Waals surface area contributed by atoms with E-state index >= 15 is 0 Å². The van der Waals surface area contributed by atoms with Crippen LogP contribution in [-0.4, -0.2) is 4.89 Å². The molecule has 0 saturated carbocycles. The van der Waals surface area contributed by atoms with E-state index in [9.17, 15) is 4.89 Å². The van der Waals surface area contributed by atoms with Crippen molar-refractivity contribution in [1.82, 2.24) is 0 Å². The second-order valence-corrected chi connectivity index (χ2v) is 8.15. The summed E-state index contributed by atoms with van der Waals surface area (Å²) >= 11 is 0. The quantitative estimate of drug-likeness (QED) is 0.244. The van der Waals surface area contributed by atoms with Gasteiger partial charge in [0.15, 0.2) is 0 Å². The van der Waals surface area contributed by atoms with Gasteiger partial charge in [0, 0.05) is 0 Å². The van der Waals surface area contributed by atoms with Gasteiger partial charge in [-0.05, 0) is 42.7 Å². The summed E-state index contributed by atoms with van der Waals surface area (Å²) in [5, 5.41) is 0. The van der Waals surface area contributed by atoms with Crippen LogP contribution in [-0.2, 0) is 6.42 Å². The fraction of sp³-hybridized carbons (Fsp3) is 0.500. The molecule has 1 N–H and O–H groups in total. The molecule has 0 aliphatic carbocycles. The van der Waals surface area contributed by atoms with Crippen LogP contribution in [0.5, 0.6) is 11.5 Å². The highest BCUT2D eigenvalue weighted by Crippen LogP contribution is 2.36. The van der Waals surface area contributed by atoms with Crippen LogP contribution in [0.1, 0.15) is 76.7 Å². The molecule has 0 heterocycles. The molecule has 28 heavy (non-hydrogen) atoms. The Balaban J connectivity index is 1.54. The van der Waals surface area contributed by atoms with Crippen molar-refractivity contribution in [2.75, 3.05) is 0 Å². The summed E-state index contributed by atoms with van der Waals surface area (Å²) in [6, 6.07) is 17.2. The minimum absolute atomic E-state index is 0.605. The second-order valence-electron chi connectivity index (χ2n) is 7.31. The summed E-state index contributed by atoms with van der Waals surface area (Å²) in [6.07, 6.45) is 14.7. The van der Waals surface area contributed by atoms with Gasteiger partial charge in [-0.2, -0.15) is 0 Å². The number of para-hydroxylation sites is 1. The van der Waals surface area contributed by atoms with E-state index in [-0.39, 0.29) is 0 Å². The maximum absolute atomic E-state index is 9.95. The number of hydrogen-bond acceptors (Lipinski definition) is 3. The number of aryl methyl sites for hydroxylation is 1. The molecule has 0 spiro atoms. The van der Waals surface area contributed by atoms with Crippen LogP contribution in [0, 0.1) is 0 Å². The van der Waals surface area contributed by atoms with Crippen LogP contribution in [0.2, 0.25) is 0 Å². The van der Waals surface area contributed by atoms with Crippen LogP contribution in [0.15, 0.2) is 54.6 Å². The Morgan fingerprint density at radius 3 is 1.71 bits per heavy atom. The van der Waals surface area contributed by atoms with E-state index in [1.165, 1.54) is 69.8 Å². The van der Waals surface area contributed by atoms with Crippen molar-refractivity contribution >= 4 is 8.60 Å². The smallest absolute Gasteiger partial charge is 0.418 e. The largest absolute Gasteiger partial charge is 0.460 e. The van der Waals surface area contributed by atoms with Crippen LogP contribution < -0.4 is 9.05 Å². The van der Waals surface area contributed by atoms with Crippen molar-refractivity contribution in [2.24, 2.45) is 0 Å². The lowest BCUT2D eigenvalue weighted by Gasteiger charge is -2.12. The van der Waals surface area contributed by atoms with Crippen LogP contribution in [0.4, 0.5) is 0 Å². The summed E-state index contributed by atoms with van der Waals surface area (Å²) in [5.74, 6) is 1.24. The van der Waals surface area contributed by atoms with E-state index in [2.05, 4.69) is 19.1 Å². The minimum atomic E-state index is -1.97. The molecule has 0 aliphatic heterocycles. The van der Waals surface area contributed by atoms with E-state index in [4.69, 9.17) is 9.05 Å². The lowest BCUT2D eigenvalue weighted by atomic mass is 10.0. The zero-order valence-electron chi connectivity index (χ0n) is 17.2. The van der Waals surface area contributed by atoms with Gasteiger partial charge in [-0.1, -0.05) is 95.0 Å². The SMILES string of the molecule is CCCCCCCCCCCCc1ccc(OP(O)Oc2ccccc2)cc1. The molecule has 154 valence electrons. The Morgan fingerprint density at radius 1 is 0.643 bits per heavy atom. The van der Waals surface area contributed by atoms with Crippen LogP contribution in [0.3, 0.4) is 0 Å². The van der Waals surface area contributed by atoms with Gasteiger partial charge in [0.2, 0.25) is 0 Å². The Morgan fingerprint density at radius 2 is 1.14 bits per heavy atom. The average Bonchev–Trinajstić information content (AvgIpc) is 2.71. The fourth-order valence-electron chi connectivity index (χ4n) is 3.21. The van der Waals surface area contributed by atoms with E-state index in [0.29, 0.717) is 11.5 Å².